The van der Waals surface area contributed by atoms with Crippen LogP contribution in [0.15, 0.2) is 4.79 Å². The average molecular weight is 181 g/mol. The summed E-state index contributed by atoms with van der Waals surface area (Å²) >= 11 is 0. The van der Waals surface area contributed by atoms with Crippen LogP contribution in [0.5, 0.6) is 5.75 Å². The Balaban J connectivity index is 3.40. The van der Waals surface area contributed by atoms with Crippen LogP contribution in [-0.4, -0.2) is 16.4 Å². The third-order valence-corrected chi connectivity index (χ3v) is 2.06. The van der Waals surface area contributed by atoms with Gasteiger partial charge in [-0.3, -0.25) is 4.79 Å². The molecule has 0 aliphatic carbocycles. The third kappa shape index (κ3) is 1.61. The summed E-state index contributed by atoms with van der Waals surface area (Å²) in [5.74, 6) is -0.0272. The molecule has 1 aromatic heterocycles. The van der Waals surface area contributed by atoms with E-state index in [-0.39, 0.29) is 23.3 Å². The maximum Gasteiger partial charge on any atom is 0.254 e. The van der Waals surface area contributed by atoms with Crippen molar-refractivity contribution in [2.24, 2.45) is 0 Å². The first-order valence-corrected chi connectivity index (χ1v) is 3.93. The fraction of sp³-hybridized carbons (Fsp3) is 0.333. The molecule has 0 bridgehead atoms. The van der Waals surface area contributed by atoms with Gasteiger partial charge in [0.05, 0.1) is 5.56 Å². The summed E-state index contributed by atoms with van der Waals surface area (Å²) in [4.78, 5) is 23.9. The smallest absolute Gasteiger partial charge is 0.254 e. The Morgan fingerprint density at radius 1 is 1.38 bits per heavy atom. The van der Waals surface area contributed by atoms with Crippen LogP contribution in [0.3, 0.4) is 0 Å². The molecule has 4 nitrogen and oxygen atoms in total. The quantitative estimate of drug-likeness (QED) is 0.650. The van der Waals surface area contributed by atoms with Crippen LogP contribution in [0.25, 0.3) is 0 Å². The zero-order chi connectivity index (χ0) is 10.0. The molecule has 0 saturated carbocycles. The van der Waals surface area contributed by atoms with Gasteiger partial charge in [0.1, 0.15) is 12.0 Å². The maximum atomic E-state index is 11.2. The van der Waals surface area contributed by atoms with Crippen LogP contribution < -0.4 is 5.56 Å². The predicted octanol–water partition coefficient (Wildman–Crippen LogP) is 0.439. The number of aldehydes is 1. The Kier molecular flexibility index (Phi) is 2.51. The molecule has 1 heterocycles. The van der Waals surface area contributed by atoms with Gasteiger partial charge in [0.15, 0.2) is 0 Å². The van der Waals surface area contributed by atoms with Crippen molar-refractivity contribution in [2.45, 2.75) is 20.3 Å². The zero-order valence-electron chi connectivity index (χ0n) is 7.55. The second-order valence-electron chi connectivity index (χ2n) is 2.90. The lowest BCUT2D eigenvalue weighted by Gasteiger charge is -2.06. The van der Waals surface area contributed by atoms with E-state index in [9.17, 15) is 14.7 Å². The number of hydrogen-bond acceptors (Lipinski definition) is 3. The van der Waals surface area contributed by atoms with Crippen LogP contribution in [0.2, 0.25) is 0 Å². The molecule has 0 radical (unpaired) electrons. The van der Waals surface area contributed by atoms with Gasteiger partial charge >= 0.3 is 0 Å². The number of rotatable bonds is 2. The number of aromatic nitrogens is 1. The number of carbonyl (C=O) groups is 1. The SMILES string of the molecule is Cc1c(CC=O)[nH]c(=O)c(C)c1O. The molecule has 1 rings (SSSR count). The molecule has 0 spiro atoms. The number of nitrogens with one attached hydrogen (secondary N) is 1. The molecule has 0 fully saturated rings. The summed E-state index contributed by atoms with van der Waals surface area (Å²) in [6.07, 6.45) is 0.808. The molecule has 0 aliphatic heterocycles. The minimum atomic E-state index is -0.347. The number of H-pyrrole nitrogens is 1. The van der Waals surface area contributed by atoms with E-state index in [1.54, 1.807) is 6.92 Å². The van der Waals surface area contributed by atoms with Gasteiger partial charge in [-0.25, -0.2) is 0 Å². The summed E-state index contributed by atoms with van der Waals surface area (Å²) in [6.45, 7) is 3.20. The summed E-state index contributed by atoms with van der Waals surface area (Å²) in [5.41, 5.74) is 0.972. The second-order valence-corrected chi connectivity index (χ2v) is 2.90. The van der Waals surface area contributed by atoms with Crippen molar-refractivity contribution in [1.29, 1.82) is 0 Å². The summed E-state index contributed by atoms with van der Waals surface area (Å²) < 4.78 is 0. The summed E-state index contributed by atoms with van der Waals surface area (Å²) in [5, 5.41) is 9.46. The van der Waals surface area contributed by atoms with Crippen molar-refractivity contribution in [3.8, 4) is 5.75 Å². The Bertz CT molecular complexity index is 393. The van der Waals surface area contributed by atoms with E-state index >= 15 is 0 Å². The largest absolute Gasteiger partial charge is 0.507 e. The van der Waals surface area contributed by atoms with Gasteiger partial charge in [0.2, 0.25) is 0 Å². The molecular weight excluding hydrogens is 170 g/mol. The highest BCUT2D eigenvalue weighted by molar-refractivity contribution is 5.56. The first-order chi connectivity index (χ1) is 6.07. The van der Waals surface area contributed by atoms with E-state index in [0.29, 0.717) is 17.5 Å². The number of pyridine rings is 1. The molecule has 4 heteroatoms. The van der Waals surface area contributed by atoms with Gasteiger partial charge in [-0.2, -0.15) is 0 Å². The van der Waals surface area contributed by atoms with Crippen molar-refractivity contribution >= 4 is 6.29 Å². The Morgan fingerprint density at radius 3 is 2.54 bits per heavy atom. The third-order valence-electron chi connectivity index (χ3n) is 2.06. The lowest BCUT2D eigenvalue weighted by molar-refractivity contribution is -0.107. The highest BCUT2D eigenvalue weighted by atomic mass is 16.3. The van der Waals surface area contributed by atoms with Crippen LogP contribution >= 0.6 is 0 Å². The number of carbonyl (C=O) groups excluding carboxylic acids is 1. The Labute approximate surface area is 75.2 Å². The van der Waals surface area contributed by atoms with Crippen molar-refractivity contribution < 1.29 is 9.90 Å². The number of aromatic amines is 1. The monoisotopic (exact) mass is 181 g/mol. The van der Waals surface area contributed by atoms with Gasteiger partial charge in [-0.05, 0) is 13.8 Å². The second kappa shape index (κ2) is 3.43. The molecule has 0 atom stereocenters. The molecular formula is C9H11NO3. The van der Waals surface area contributed by atoms with E-state index in [1.807, 2.05) is 0 Å². The molecule has 13 heavy (non-hydrogen) atoms. The van der Waals surface area contributed by atoms with Gasteiger partial charge in [0, 0.05) is 17.7 Å². The Hall–Kier alpha value is -1.58. The van der Waals surface area contributed by atoms with E-state index in [1.165, 1.54) is 6.92 Å². The van der Waals surface area contributed by atoms with Crippen molar-refractivity contribution in [3.05, 3.63) is 27.2 Å². The van der Waals surface area contributed by atoms with Crippen molar-refractivity contribution in [2.75, 3.05) is 0 Å². The molecule has 0 aromatic carbocycles. The topological polar surface area (TPSA) is 70.2 Å². The number of aromatic hydroxyl groups is 1. The van der Waals surface area contributed by atoms with Crippen LogP contribution in [0.1, 0.15) is 16.8 Å². The standard InChI is InChI=1S/C9H11NO3/c1-5-7(3-4-11)10-9(13)6(2)8(5)12/h4H,3H2,1-2H3,(H2,10,12,13). The molecule has 2 N–H and O–H groups in total. The van der Waals surface area contributed by atoms with Gasteiger partial charge in [0.25, 0.3) is 5.56 Å². The van der Waals surface area contributed by atoms with E-state index in [0.717, 1.165) is 0 Å². The molecule has 0 aliphatic rings. The van der Waals surface area contributed by atoms with Gasteiger partial charge in [-0.1, -0.05) is 0 Å². The first-order valence-electron chi connectivity index (χ1n) is 3.93. The van der Waals surface area contributed by atoms with E-state index in [2.05, 4.69) is 4.98 Å². The minimum Gasteiger partial charge on any atom is -0.507 e. The Morgan fingerprint density at radius 2 is 2.00 bits per heavy atom. The zero-order valence-corrected chi connectivity index (χ0v) is 7.55. The van der Waals surface area contributed by atoms with Crippen molar-refractivity contribution in [3.63, 3.8) is 0 Å². The van der Waals surface area contributed by atoms with Gasteiger partial charge in [-0.15, -0.1) is 0 Å². The normalized spacial score (nSPS) is 10.0. The van der Waals surface area contributed by atoms with Crippen LogP contribution in [-0.2, 0) is 11.2 Å². The number of hydrogen-bond donors (Lipinski definition) is 2. The highest BCUT2D eigenvalue weighted by Gasteiger charge is 2.09. The maximum absolute atomic E-state index is 11.2. The lowest BCUT2D eigenvalue weighted by Crippen LogP contribution is -2.14. The highest BCUT2D eigenvalue weighted by Crippen LogP contribution is 2.19. The molecule has 0 amide bonds. The van der Waals surface area contributed by atoms with Crippen LogP contribution in [0.4, 0.5) is 0 Å². The van der Waals surface area contributed by atoms with Crippen LogP contribution in [0, 0.1) is 13.8 Å². The average Bonchev–Trinajstić information content (AvgIpc) is 2.11. The molecule has 70 valence electrons. The predicted molar refractivity (Wildman–Crippen MR) is 48.0 cm³/mol. The first kappa shape index (κ1) is 9.51. The fourth-order valence-corrected chi connectivity index (χ4v) is 1.14. The minimum absolute atomic E-state index is 0.0272. The molecule has 1 aromatic rings. The summed E-state index contributed by atoms with van der Waals surface area (Å²) in [7, 11) is 0. The molecule has 0 unspecified atom stereocenters. The van der Waals surface area contributed by atoms with E-state index < -0.39 is 0 Å². The fourth-order valence-electron chi connectivity index (χ4n) is 1.14. The lowest BCUT2D eigenvalue weighted by atomic mass is 10.1. The van der Waals surface area contributed by atoms with E-state index in [4.69, 9.17) is 0 Å². The summed E-state index contributed by atoms with van der Waals surface area (Å²) in [6, 6.07) is 0. The van der Waals surface area contributed by atoms with Crippen molar-refractivity contribution in [1.82, 2.24) is 4.98 Å². The molecule has 0 saturated heterocycles. The van der Waals surface area contributed by atoms with Gasteiger partial charge < -0.3 is 14.9 Å².